The summed E-state index contributed by atoms with van der Waals surface area (Å²) in [6.07, 6.45) is 42.4. The van der Waals surface area contributed by atoms with Gasteiger partial charge in [0.25, 0.3) is 0 Å². The van der Waals surface area contributed by atoms with Crippen LogP contribution >= 0.6 is 0 Å². The number of carbonyl (C=O) groups is 4. The predicted octanol–water partition coefficient (Wildman–Crippen LogP) is 14.6. The summed E-state index contributed by atoms with van der Waals surface area (Å²) in [6, 6.07) is 0. The van der Waals surface area contributed by atoms with E-state index in [1.165, 1.54) is 128 Å². The third-order valence-corrected chi connectivity index (χ3v) is 12.0. The fourth-order valence-corrected chi connectivity index (χ4v) is 7.91. The molecule has 1 aliphatic carbocycles. The number of esters is 3. The highest BCUT2D eigenvalue weighted by atomic mass is 16.5. The lowest BCUT2D eigenvalue weighted by molar-refractivity contribution is -0.150. The Morgan fingerprint density at radius 2 is 0.967 bits per heavy atom. The van der Waals surface area contributed by atoms with Gasteiger partial charge in [-0.2, -0.15) is 0 Å². The Morgan fingerprint density at radius 3 is 1.51 bits per heavy atom. The first-order chi connectivity index (χ1) is 29.7. The molecule has 1 rings (SSSR count). The molecule has 2 atom stereocenters. The molecule has 0 amide bonds. The molecule has 0 saturated heterocycles. The lowest BCUT2D eigenvalue weighted by atomic mass is 10.0. The van der Waals surface area contributed by atoms with Crippen molar-refractivity contribution in [1.29, 1.82) is 0 Å². The molecule has 0 aromatic carbocycles. The number of rotatable bonds is 41. The van der Waals surface area contributed by atoms with E-state index < -0.39 is 0 Å². The summed E-state index contributed by atoms with van der Waals surface area (Å²) in [7, 11) is 3.92. The van der Waals surface area contributed by atoms with Gasteiger partial charge in [-0.25, -0.2) is 0 Å². The maximum Gasteiger partial charge on any atom is 0.308 e. The van der Waals surface area contributed by atoms with Crippen LogP contribution in [0.3, 0.4) is 0 Å². The van der Waals surface area contributed by atoms with Crippen molar-refractivity contribution in [3.05, 3.63) is 12.2 Å². The predicted molar refractivity (Wildman–Crippen MR) is 256 cm³/mol. The van der Waals surface area contributed by atoms with Crippen molar-refractivity contribution < 1.29 is 33.4 Å². The van der Waals surface area contributed by atoms with E-state index in [9.17, 15) is 19.2 Å². The first-order valence-electron chi connectivity index (χ1n) is 26.0. The second-order valence-corrected chi connectivity index (χ2v) is 18.4. The van der Waals surface area contributed by atoms with Crippen LogP contribution in [0, 0.1) is 11.8 Å². The largest absolute Gasteiger partial charge is 0.466 e. The van der Waals surface area contributed by atoms with Crippen molar-refractivity contribution >= 4 is 23.7 Å². The van der Waals surface area contributed by atoms with Gasteiger partial charge in [0, 0.05) is 25.8 Å². The topological polar surface area (TPSA) is 99.2 Å². The van der Waals surface area contributed by atoms with Gasteiger partial charge in [0.05, 0.1) is 19.1 Å². The summed E-state index contributed by atoms with van der Waals surface area (Å²) in [5.41, 5.74) is 0. The maximum absolute atomic E-state index is 12.6. The van der Waals surface area contributed by atoms with E-state index in [4.69, 9.17) is 14.2 Å². The van der Waals surface area contributed by atoms with Gasteiger partial charge in [0.1, 0.15) is 6.10 Å². The molecule has 0 spiro atoms. The molecule has 0 radical (unpaired) electrons. The third-order valence-electron chi connectivity index (χ3n) is 12.0. The highest BCUT2D eigenvalue weighted by molar-refractivity contribution is 5.89. The lowest BCUT2D eigenvalue weighted by Gasteiger charge is -2.18. The fourth-order valence-electron chi connectivity index (χ4n) is 7.91. The van der Waals surface area contributed by atoms with Crippen molar-refractivity contribution in [2.75, 3.05) is 33.9 Å². The van der Waals surface area contributed by atoms with Gasteiger partial charge in [0.15, 0.2) is 5.78 Å². The molecule has 0 heterocycles. The van der Waals surface area contributed by atoms with Crippen LogP contribution in [-0.4, -0.2) is 68.5 Å². The first-order valence-corrected chi connectivity index (χ1v) is 26.0. The molecule has 61 heavy (non-hydrogen) atoms. The number of ether oxygens (including phenoxy) is 3. The molecule has 0 aliphatic heterocycles. The monoisotopic (exact) mass is 862 g/mol. The van der Waals surface area contributed by atoms with E-state index in [1.807, 2.05) is 25.1 Å². The second kappa shape index (κ2) is 44.4. The smallest absolute Gasteiger partial charge is 0.308 e. The molecule has 1 aliphatic rings. The van der Waals surface area contributed by atoms with Crippen LogP contribution in [0.5, 0.6) is 0 Å². The van der Waals surface area contributed by atoms with Gasteiger partial charge in [-0.1, -0.05) is 169 Å². The average Bonchev–Trinajstić information content (AvgIpc) is 3.73. The average molecular weight is 862 g/mol. The minimum absolute atomic E-state index is 0.000619. The van der Waals surface area contributed by atoms with Crippen molar-refractivity contribution in [2.24, 2.45) is 11.8 Å². The molecular formula is C53H99NO7. The van der Waals surface area contributed by atoms with E-state index in [0.29, 0.717) is 45.3 Å². The van der Waals surface area contributed by atoms with Crippen LogP contribution < -0.4 is 0 Å². The Bertz CT molecular complexity index is 1040. The molecule has 0 bridgehead atoms. The van der Waals surface area contributed by atoms with Gasteiger partial charge in [-0.15, -0.1) is 0 Å². The number of unbranched alkanes of at least 4 members (excludes halogenated alkanes) is 22. The second-order valence-electron chi connectivity index (χ2n) is 18.4. The molecule has 1 saturated carbocycles. The Balaban J connectivity index is 0.00000151. The molecule has 0 aromatic heterocycles. The Labute approximate surface area is 377 Å². The summed E-state index contributed by atoms with van der Waals surface area (Å²) >= 11 is 0. The van der Waals surface area contributed by atoms with Crippen LogP contribution in [-0.2, 0) is 33.4 Å². The molecule has 358 valence electrons. The molecule has 1 fully saturated rings. The van der Waals surface area contributed by atoms with Crippen molar-refractivity contribution in [3.8, 4) is 0 Å². The van der Waals surface area contributed by atoms with Gasteiger partial charge < -0.3 is 19.1 Å². The van der Waals surface area contributed by atoms with E-state index in [0.717, 1.165) is 70.8 Å². The Hall–Kier alpha value is -2.22. The zero-order valence-electron chi connectivity index (χ0n) is 41.1. The van der Waals surface area contributed by atoms with Gasteiger partial charge >= 0.3 is 17.9 Å². The number of carbonyl (C=O) groups excluding carboxylic acids is 4. The van der Waals surface area contributed by atoms with Crippen LogP contribution in [0.15, 0.2) is 12.2 Å². The molecular weight excluding hydrogens is 763 g/mol. The summed E-state index contributed by atoms with van der Waals surface area (Å²) in [6.45, 7) is 10.6. The number of ketones is 1. The van der Waals surface area contributed by atoms with E-state index in [-0.39, 0.29) is 41.6 Å². The van der Waals surface area contributed by atoms with E-state index in [2.05, 4.69) is 27.7 Å². The highest BCUT2D eigenvalue weighted by Gasteiger charge is 2.29. The maximum atomic E-state index is 12.6. The summed E-state index contributed by atoms with van der Waals surface area (Å²) in [5, 5.41) is 0. The zero-order chi connectivity index (χ0) is 45.0. The quantitative estimate of drug-likeness (QED) is 0.0259. The van der Waals surface area contributed by atoms with Crippen LogP contribution in [0.1, 0.15) is 252 Å². The fraction of sp³-hybridized carbons (Fsp3) is 0.887. The van der Waals surface area contributed by atoms with Crippen molar-refractivity contribution in [1.82, 2.24) is 4.90 Å². The van der Waals surface area contributed by atoms with Crippen molar-refractivity contribution in [2.45, 2.75) is 259 Å². The van der Waals surface area contributed by atoms with Gasteiger partial charge in [-0.05, 0) is 96.7 Å². The zero-order valence-corrected chi connectivity index (χ0v) is 41.1. The number of hydrogen-bond donors (Lipinski definition) is 0. The molecule has 8 heteroatoms. The standard InChI is InChI=1S/C35H63NO5.C18H36O2/c1-5-7-9-11-13-15-19-33(20-16-14-12-10-8-6-2)41-34(38)21-17-18-28-40-35(39)31-24-22-30(29-31)23-25-32(37)26-27-36(3)4;1-3-5-7-9-10-11-12-13-15-17-20-18(19)16-14-8-6-4-2/h23,25,30-31,33H,5-22,24,26-29H2,1-4H3;3-17H2,1-2H3/t30-,31-;/m0./s1. The Kier molecular flexibility index (Phi) is 42.8. The number of hydrogen-bond acceptors (Lipinski definition) is 8. The Morgan fingerprint density at radius 1 is 0.525 bits per heavy atom. The molecule has 0 N–H and O–H groups in total. The van der Waals surface area contributed by atoms with Gasteiger partial charge in [-0.3, -0.25) is 19.2 Å². The first kappa shape index (κ1) is 58.8. The summed E-state index contributed by atoms with van der Waals surface area (Å²) in [4.78, 5) is 50.5. The van der Waals surface area contributed by atoms with Crippen LogP contribution in [0.4, 0.5) is 0 Å². The van der Waals surface area contributed by atoms with Crippen molar-refractivity contribution in [3.63, 3.8) is 0 Å². The summed E-state index contributed by atoms with van der Waals surface area (Å²) in [5.74, 6) is 0.0756. The molecule has 0 unspecified atom stereocenters. The lowest BCUT2D eigenvalue weighted by Crippen LogP contribution is -2.19. The van der Waals surface area contributed by atoms with Crippen LogP contribution in [0.2, 0.25) is 0 Å². The molecule has 0 aromatic rings. The highest BCUT2D eigenvalue weighted by Crippen LogP contribution is 2.32. The normalized spacial score (nSPS) is 15.0. The third kappa shape index (κ3) is 40.3. The molecule has 8 nitrogen and oxygen atoms in total. The minimum atomic E-state index is -0.139. The van der Waals surface area contributed by atoms with E-state index >= 15 is 0 Å². The van der Waals surface area contributed by atoms with E-state index in [1.54, 1.807) is 6.08 Å². The van der Waals surface area contributed by atoms with Crippen LogP contribution in [0.25, 0.3) is 0 Å². The number of allylic oxidation sites excluding steroid dienone is 2. The number of nitrogens with zero attached hydrogens (tertiary/aromatic N) is 1. The van der Waals surface area contributed by atoms with Gasteiger partial charge in [0.2, 0.25) is 0 Å². The SMILES string of the molecule is CCCCCCCCC(CCCCCCCC)OC(=O)CCCCOC(=O)[C@H]1CC[C@@H](C=CC(=O)CCN(C)C)C1.CCCCCCCCCCCOC(=O)CCCCCC. The minimum Gasteiger partial charge on any atom is -0.466 e. The summed E-state index contributed by atoms with van der Waals surface area (Å²) < 4.78 is 16.7.